The van der Waals surface area contributed by atoms with Crippen LogP contribution >= 0.6 is 0 Å². The summed E-state index contributed by atoms with van der Waals surface area (Å²) in [6.45, 7) is 2.11. The van der Waals surface area contributed by atoms with Crippen LogP contribution in [0.3, 0.4) is 0 Å². The van der Waals surface area contributed by atoms with Gasteiger partial charge in [-0.15, -0.1) is 0 Å². The van der Waals surface area contributed by atoms with Gasteiger partial charge in [0.2, 0.25) is 0 Å². The molecule has 1 atom stereocenters. The quantitative estimate of drug-likeness (QED) is 0.800. The lowest BCUT2D eigenvalue weighted by Gasteiger charge is -2.22. The summed E-state index contributed by atoms with van der Waals surface area (Å²) in [5, 5.41) is 8.85. The Balaban J connectivity index is 1.95. The lowest BCUT2D eigenvalue weighted by Crippen LogP contribution is -2.31. The van der Waals surface area contributed by atoms with Gasteiger partial charge in [0, 0.05) is 12.6 Å². The van der Waals surface area contributed by atoms with Gasteiger partial charge < -0.3 is 9.47 Å². The molecule has 4 nitrogen and oxygen atoms in total. The summed E-state index contributed by atoms with van der Waals surface area (Å²) in [4.78, 5) is 2.43. The SMILES string of the molecule is COc1ccc(CCN2CCCC2CC#N)cc1OC. The smallest absolute Gasteiger partial charge is 0.160 e. The van der Waals surface area contributed by atoms with Gasteiger partial charge in [-0.3, -0.25) is 4.90 Å². The number of rotatable bonds is 6. The van der Waals surface area contributed by atoms with Gasteiger partial charge in [-0.2, -0.15) is 5.26 Å². The Hall–Kier alpha value is -1.73. The molecule has 1 aliphatic heterocycles. The number of hydrogen-bond acceptors (Lipinski definition) is 4. The summed E-state index contributed by atoms with van der Waals surface area (Å²) in [5.41, 5.74) is 1.24. The summed E-state index contributed by atoms with van der Waals surface area (Å²) >= 11 is 0. The summed E-state index contributed by atoms with van der Waals surface area (Å²) in [7, 11) is 3.30. The van der Waals surface area contributed by atoms with E-state index in [4.69, 9.17) is 14.7 Å². The van der Waals surface area contributed by atoms with E-state index in [-0.39, 0.29) is 0 Å². The van der Waals surface area contributed by atoms with Crippen LogP contribution in [0.4, 0.5) is 0 Å². The summed E-state index contributed by atoms with van der Waals surface area (Å²) in [6.07, 6.45) is 3.98. The topological polar surface area (TPSA) is 45.5 Å². The van der Waals surface area contributed by atoms with E-state index in [0.717, 1.165) is 37.4 Å². The number of nitrogens with zero attached hydrogens (tertiary/aromatic N) is 2. The van der Waals surface area contributed by atoms with E-state index in [1.54, 1.807) is 14.2 Å². The molecule has 20 heavy (non-hydrogen) atoms. The third-order valence-electron chi connectivity index (χ3n) is 3.96. The van der Waals surface area contributed by atoms with Crippen molar-refractivity contribution in [3.8, 4) is 17.6 Å². The van der Waals surface area contributed by atoms with Crippen LogP contribution in [0.2, 0.25) is 0 Å². The molecule has 1 aromatic carbocycles. The van der Waals surface area contributed by atoms with Crippen molar-refractivity contribution in [2.24, 2.45) is 0 Å². The predicted octanol–water partition coefficient (Wildman–Crippen LogP) is 2.62. The molecule has 1 aromatic rings. The van der Waals surface area contributed by atoms with Crippen molar-refractivity contribution in [1.82, 2.24) is 4.90 Å². The Morgan fingerprint density at radius 3 is 2.80 bits per heavy atom. The average molecular weight is 274 g/mol. The van der Waals surface area contributed by atoms with Crippen molar-refractivity contribution in [2.75, 3.05) is 27.3 Å². The number of nitriles is 1. The zero-order valence-corrected chi connectivity index (χ0v) is 12.3. The van der Waals surface area contributed by atoms with Crippen molar-refractivity contribution in [1.29, 1.82) is 5.26 Å². The Labute approximate surface area is 120 Å². The summed E-state index contributed by atoms with van der Waals surface area (Å²) < 4.78 is 10.6. The molecule has 0 amide bonds. The monoisotopic (exact) mass is 274 g/mol. The maximum absolute atomic E-state index is 8.85. The van der Waals surface area contributed by atoms with Gasteiger partial charge in [-0.25, -0.2) is 0 Å². The summed E-state index contributed by atoms with van der Waals surface area (Å²) in [6, 6.07) is 8.80. The highest BCUT2D eigenvalue weighted by Crippen LogP contribution is 2.28. The molecule has 0 N–H and O–H groups in total. The molecule has 0 radical (unpaired) electrons. The van der Waals surface area contributed by atoms with E-state index >= 15 is 0 Å². The molecule has 0 spiro atoms. The van der Waals surface area contributed by atoms with E-state index < -0.39 is 0 Å². The average Bonchev–Trinajstić information content (AvgIpc) is 2.92. The molecule has 2 rings (SSSR count). The first-order chi connectivity index (χ1) is 9.78. The van der Waals surface area contributed by atoms with E-state index in [2.05, 4.69) is 17.0 Å². The number of ether oxygens (including phenoxy) is 2. The fourth-order valence-electron chi connectivity index (χ4n) is 2.83. The van der Waals surface area contributed by atoms with Crippen molar-refractivity contribution < 1.29 is 9.47 Å². The van der Waals surface area contributed by atoms with Crippen LogP contribution < -0.4 is 9.47 Å². The summed E-state index contributed by atoms with van der Waals surface area (Å²) in [5.74, 6) is 1.54. The van der Waals surface area contributed by atoms with Gasteiger partial charge in [0.15, 0.2) is 11.5 Å². The molecule has 1 fully saturated rings. The second-order valence-corrected chi connectivity index (χ2v) is 5.13. The molecular weight excluding hydrogens is 252 g/mol. The number of hydrogen-bond donors (Lipinski definition) is 0. The first kappa shape index (κ1) is 14.7. The molecule has 1 aliphatic rings. The fourth-order valence-corrected chi connectivity index (χ4v) is 2.83. The molecule has 0 bridgehead atoms. The standard InChI is InChI=1S/C16H22N2O2/c1-19-15-6-5-13(12-16(15)20-2)8-11-18-10-3-4-14(18)7-9-17/h5-6,12,14H,3-4,7-8,10-11H2,1-2H3. The van der Waals surface area contributed by atoms with Crippen LogP contribution in [0.25, 0.3) is 0 Å². The lowest BCUT2D eigenvalue weighted by molar-refractivity contribution is 0.259. The molecular formula is C16H22N2O2. The number of methoxy groups -OCH3 is 2. The predicted molar refractivity (Wildman–Crippen MR) is 78.1 cm³/mol. The van der Waals surface area contributed by atoms with Crippen LogP contribution in [0, 0.1) is 11.3 Å². The number of benzene rings is 1. The van der Waals surface area contributed by atoms with Gasteiger partial charge in [-0.1, -0.05) is 6.07 Å². The van der Waals surface area contributed by atoms with Gasteiger partial charge in [0.25, 0.3) is 0 Å². The van der Waals surface area contributed by atoms with Crippen LogP contribution in [0.15, 0.2) is 18.2 Å². The third kappa shape index (κ3) is 3.43. The van der Waals surface area contributed by atoms with E-state index in [9.17, 15) is 0 Å². The van der Waals surface area contributed by atoms with Gasteiger partial charge in [0.1, 0.15) is 0 Å². The first-order valence-corrected chi connectivity index (χ1v) is 7.10. The molecule has 0 aliphatic carbocycles. The fraction of sp³-hybridized carbons (Fsp3) is 0.562. The molecule has 4 heteroatoms. The second-order valence-electron chi connectivity index (χ2n) is 5.13. The van der Waals surface area contributed by atoms with Crippen LogP contribution in [0.5, 0.6) is 11.5 Å². The maximum Gasteiger partial charge on any atom is 0.160 e. The molecule has 0 saturated carbocycles. The number of likely N-dealkylation sites (tertiary alicyclic amines) is 1. The first-order valence-electron chi connectivity index (χ1n) is 7.10. The molecule has 1 saturated heterocycles. The molecule has 108 valence electrons. The highest BCUT2D eigenvalue weighted by Gasteiger charge is 2.23. The van der Waals surface area contributed by atoms with Crippen molar-refractivity contribution in [3.05, 3.63) is 23.8 Å². The van der Waals surface area contributed by atoms with Crippen molar-refractivity contribution >= 4 is 0 Å². The Morgan fingerprint density at radius 2 is 2.10 bits per heavy atom. The molecule has 0 aromatic heterocycles. The van der Waals surface area contributed by atoms with Crippen molar-refractivity contribution in [3.63, 3.8) is 0 Å². The Kier molecular flexibility index (Phi) is 5.25. The van der Waals surface area contributed by atoms with Gasteiger partial charge >= 0.3 is 0 Å². The van der Waals surface area contributed by atoms with E-state index in [0.29, 0.717) is 12.5 Å². The maximum atomic E-state index is 8.85. The van der Waals surface area contributed by atoms with E-state index in [1.807, 2.05) is 12.1 Å². The highest BCUT2D eigenvalue weighted by atomic mass is 16.5. The minimum atomic E-state index is 0.445. The van der Waals surface area contributed by atoms with Crippen LogP contribution in [-0.2, 0) is 6.42 Å². The van der Waals surface area contributed by atoms with E-state index in [1.165, 1.54) is 12.0 Å². The zero-order valence-electron chi connectivity index (χ0n) is 12.3. The minimum Gasteiger partial charge on any atom is -0.493 e. The Morgan fingerprint density at radius 1 is 1.30 bits per heavy atom. The van der Waals surface area contributed by atoms with Gasteiger partial charge in [0.05, 0.1) is 26.7 Å². The normalized spacial score (nSPS) is 18.8. The largest absolute Gasteiger partial charge is 0.493 e. The zero-order chi connectivity index (χ0) is 14.4. The third-order valence-corrected chi connectivity index (χ3v) is 3.96. The lowest BCUT2D eigenvalue weighted by atomic mass is 10.1. The van der Waals surface area contributed by atoms with Crippen LogP contribution in [0.1, 0.15) is 24.8 Å². The van der Waals surface area contributed by atoms with Gasteiger partial charge in [-0.05, 0) is 43.5 Å². The second kappa shape index (κ2) is 7.16. The Bertz CT molecular complexity index is 482. The molecule has 1 unspecified atom stereocenters. The van der Waals surface area contributed by atoms with Crippen molar-refractivity contribution in [2.45, 2.75) is 31.7 Å². The van der Waals surface area contributed by atoms with Crippen LogP contribution in [-0.4, -0.2) is 38.3 Å². The molecule has 1 heterocycles. The highest BCUT2D eigenvalue weighted by molar-refractivity contribution is 5.42. The minimum absolute atomic E-state index is 0.445.